The van der Waals surface area contributed by atoms with Crippen molar-refractivity contribution < 1.29 is 19.4 Å². The highest BCUT2D eigenvalue weighted by Crippen LogP contribution is 2.35. The lowest BCUT2D eigenvalue weighted by atomic mass is 9.81. The van der Waals surface area contributed by atoms with Crippen LogP contribution in [0.15, 0.2) is 30.3 Å². The van der Waals surface area contributed by atoms with Gasteiger partial charge in [-0.1, -0.05) is 30.3 Å². The molecule has 1 aromatic rings. The Balaban J connectivity index is 1.81. The number of nitrogens with one attached hydrogen (secondary N) is 2. The van der Waals surface area contributed by atoms with E-state index in [9.17, 15) is 14.7 Å². The first-order valence-corrected chi connectivity index (χ1v) is 9.89. The number of piperidine rings is 1. The van der Waals surface area contributed by atoms with Gasteiger partial charge in [0.15, 0.2) is 0 Å². The van der Waals surface area contributed by atoms with Crippen LogP contribution in [0.3, 0.4) is 0 Å². The van der Waals surface area contributed by atoms with E-state index in [1.54, 1.807) is 0 Å². The maximum Gasteiger partial charge on any atom is 0.407 e. The number of rotatable bonds is 5. The van der Waals surface area contributed by atoms with E-state index in [4.69, 9.17) is 4.74 Å². The van der Waals surface area contributed by atoms with Crippen molar-refractivity contribution >= 4 is 12.2 Å². The van der Waals surface area contributed by atoms with Crippen LogP contribution in [-0.2, 0) is 4.74 Å². The summed E-state index contributed by atoms with van der Waals surface area (Å²) < 4.78 is 5.45. The number of hydrogen-bond donors (Lipinski definition) is 3. The van der Waals surface area contributed by atoms with E-state index >= 15 is 0 Å². The van der Waals surface area contributed by atoms with Crippen LogP contribution in [0.25, 0.3) is 0 Å². The van der Waals surface area contributed by atoms with E-state index < -0.39 is 17.8 Å². The summed E-state index contributed by atoms with van der Waals surface area (Å²) in [5, 5.41) is 15.0. The zero-order chi connectivity index (χ0) is 20.3. The molecule has 0 bridgehead atoms. The van der Waals surface area contributed by atoms with Gasteiger partial charge < -0.3 is 20.5 Å². The molecule has 2 aliphatic rings. The molecule has 7 heteroatoms. The second kappa shape index (κ2) is 8.39. The predicted molar refractivity (Wildman–Crippen MR) is 106 cm³/mol. The molecule has 3 rings (SSSR count). The fraction of sp³-hybridized carbons (Fsp3) is 0.571. The van der Waals surface area contributed by atoms with Crippen LogP contribution in [-0.4, -0.2) is 53.0 Å². The number of hydrogen-bond acceptors (Lipinski definition) is 4. The summed E-state index contributed by atoms with van der Waals surface area (Å²) in [7, 11) is 0. The van der Waals surface area contributed by atoms with Gasteiger partial charge in [0.1, 0.15) is 11.6 Å². The van der Waals surface area contributed by atoms with Crippen molar-refractivity contribution in [1.29, 1.82) is 0 Å². The van der Waals surface area contributed by atoms with Crippen LogP contribution in [0.1, 0.15) is 45.6 Å². The number of carboxylic acid groups (broad SMARTS) is 1. The fourth-order valence-corrected chi connectivity index (χ4v) is 3.81. The topological polar surface area (TPSA) is 90.9 Å². The van der Waals surface area contributed by atoms with E-state index in [0.717, 1.165) is 18.5 Å². The molecule has 1 aliphatic carbocycles. The van der Waals surface area contributed by atoms with Crippen molar-refractivity contribution in [2.75, 3.05) is 13.1 Å². The highest BCUT2D eigenvalue weighted by molar-refractivity contribution is 5.69. The minimum absolute atomic E-state index is 0.138. The van der Waals surface area contributed by atoms with Gasteiger partial charge >= 0.3 is 12.2 Å². The van der Waals surface area contributed by atoms with Crippen LogP contribution in [0.5, 0.6) is 0 Å². The highest BCUT2D eigenvalue weighted by Gasteiger charge is 2.42. The van der Waals surface area contributed by atoms with Gasteiger partial charge in [-0.15, -0.1) is 0 Å². The Morgan fingerprint density at radius 2 is 1.82 bits per heavy atom. The Kier molecular flexibility index (Phi) is 6.13. The molecule has 2 unspecified atom stereocenters. The lowest BCUT2D eigenvalue weighted by molar-refractivity contribution is 0.0429. The first-order valence-electron chi connectivity index (χ1n) is 9.89. The molecule has 1 saturated heterocycles. The maximum atomic E-state index is 12.4. The summed E-state index contributed by atoms with van der Waals surface area (Å²) in [6, 6.07) is 10.4. The maximum absolute atomic E-state index is 12.4. The van der Waals surface area contributed by atoms with Crippen molar-refractivity contribution in [2.24, 2.45) is 5.92 Å². The molecule has 7 nitrogen and oxygen atoms in total. The Morgan fingerprint density at radius 1 is 1.14 bits per heavy atom. The van der Waals surface area contributed by atoms with Gasteiger partial charge in [-0.05, 0) is 52.1 Å². The molecule has 2 fully saturated rings. The summed E-state index contributed by atoms with van der Waals surface area (Å²) in [5.74, 6) is -0.138. The molecular formula is C21H30N3O4. The van der Waals surface area contributed by atoms with Crippen LogP contribution < -0.4 is 10.6 Å². The second-order valence-electron chi connectivity index (χ2n) is 8.58. The van der Waals surface area contributed by atoms with E-state index in [1.807, 2.05) is 51.1 Å². The second-order valence-corrected chi connectivity index (χ2v) is 8.58. The Labute approximate surface area is 166 Å². The third kappa shape index (κ3) is 5.61. The van der Waals surface area contributed by atoms with E-state index in [0.29, 0.717) is 18.6 Å². The molecule has 2 amide bonds. The van der Waals surface area contributed by atoms with Crippen LogP contribution in [0.4, 0.5) is 9.59 Å². The SMILES string of the molecule is CC(C)(C)OC(=O)NC1CN(C2CC2)CCC1[C](NC(=O)O)c1ccccc1. The highest BCUT2D eigenvalue weighted by atomic mass is 16.6. The van der Waals surface area contributed by atoms with Crippen molar-refractivity contribution in [3.8, 4) is 0 Å². The van der Waals surface area contributed by atoms with Gasteiger partial charge in [0.2, 0.25) is 0 Å². The number of amides is 2. The van der Waals surface area contributed by atoms with Crippen molar-refractivity contribution in [3.63, 3.8) is 0 Å². The molecule has 0 aromatic heterocycles. The number of alkyl carbamates (subject to hydrolysis) is 1. The van der Waals surface area contributed by atoms with Gasteiger partial charge in [-0.3, -0.25) is 4.90 Å². The van der Waals surface area contributed by atoms with Crippen LogP contribution >= 0.6 is 0 Å². The third-order valence-electron chi connectivity index (χ3n) is 5.11. The van der Waals surface area contributed by atoms with Crippen LogP contribution in [0, 0.1) is 12.0 Å². The van der Waals surface area contributed by atoms with Gasteiger partial charge in [-0.2, -0.15) is 0 Å². The largest absolute Gasteiger partial charge is 0.465 e. The van der Waals surface area contributed by atoms with E-state index in [2.05, 4.69) is 15.5 Å². The molecule has 28 heavy (non-hydrogen) atoms. The monoisotopic (exact) mass is 388 g/mol. The van der Waals surface area contributed by atoms with Gasteiger partial charge in [0, 0.05) is 18.5 Å². The zero-order valence-corrected chi connectivity index (χ0v) is 16.8. The molecule has 1 aromatic carbocycles. The molecule has 2 atom stereocenters. The summed E-state index contributed by atoms with van der Waals surface area (Å²) >= 11 is 0. The quantitative estimate of drug-likeness (QED) is 0.720. The average Bonchev–Trinajstić information content (AvgIpc) is 3.44. The molecule has 1 heterocycles. The standard InChI is InChI=1S/C21H30N3O4/c1-21(2,3)28-20(27)22-17-13-24(15-9-10-15)12-11-16(17)18(23-19(25)26)14-7-5-4-6-8-14/h4-8,15-17,23H,9-13H2,1-3H3,(H,22,27)(H,25,26). The minimum atomic E-state index is -1.10. The van der Waals surface area contributed by atoms with Gasteiger partial charge in [-0.25, -0.2) is 9.59 Å². The molecule has 1 saturated carbocycles. The normalized spacial score (nSPS) is 23.3. The van der Waals surface area contributed by atoms with Gasteiger partial charge in [0.05, 0.1) is 6.04 Å². The van der Waals surface area contributed by atoms with E-state index in [1.165, 1.54) is 12.8 Å². The Morgan fingerprint density at radius 3 is 2.39 bits per heavy atom. The Bertz CT molecular complexity index is 685. The van der Waals surface area contributed by atoms with Crippen molar-refractivity contribution in [3.05, 3.63) is 41.9 Å². The number of nitrogens with zero attached hydrogens (tertiary/aromatic N) is 1. The third-order valence-corrected chi connectivity index (χ3v) is 5.11. The lowest BCUT2D eigenvalue weighted by Gasteiger charge is -2.42. The minimum Gasteiger partial charge on any atom is -0.465 e. The number of likely N-dealkylation sites (tertiary alicyclic amines) is 1. The van der Waals surface area contributed by atoms with Crippen molar-refractivity contribution in [2.45, 2.75) is 57.7 Å². The first kappa shape index (κ1) is 20.5. The van der Waals surface area contributed by atoms with Gasteiger partial charge in [0.25, 0.3) is 0 Å². The van der Waals surface area contributed by atoms with Crippen molar-refractivity contribution in [1.82, 2.24) is 15.5 Å². The summed E-state index contributed by atoms with van der Waals surface area (Å²) in [4.78, 5) is 26.3. The summed E-state index contributed by atoms with van der Waals surface area (Å²) in [5.41, 5.74) is 0.237. The number of ether oxygens (including phenoxy) is 1. The fourth-order valence-electron chi connectivity index (χ4n) is 3.81. The summed E-state index contributed by atoms with van der Waals surface area (Å²) in [6.45, 7) is 7.06. The smallest absolute Gasteiger partial charge is 0.407 e. The van der Waals surface area contributed by atoms with Crippen LogP contribution in [0.2, 0.25) is 0 Å². The van der Waals surface area contributed by atoms with E-state index in [-0.39, 0.29) is 12.0 Å². The molecule has 3 N–H and O–H groups in total. The first-order chi connectivity index (χ1) is 13.2. The summed E-state index contributed by atoms with van der Waals surface area (Å²) in [6.07, 6.45) is 1.57. The zero-order valence-electron chi connectivity index (χ0n) is 16.8. The molecule has 1 radical (unpaired) electrons. The number of carbonyl (C=O) groups excluding carboxylic acids is 1. The average molecular weight is 388 g/mol. The molecule has 1 aliphatic heterocycles. The molecular weight excluding hydrogens is 358 g/mol. The number of benzene rings is 1. The molecule has 153 valence electrons. The number of carbonyl (C=O) groups is 2. The molecule has 0 spiro atoms. The Hall–Kier alpha value is -2.28. The predicted octanol–water partition coefficient (Wildman–Crippen LogP) is 3.21. The lowest BCUT2D eigenvalue weighted by Crippen LogP contribution is -2.57.